The SMILES string of the molecule is Cc1ccc(CNCc2cc(Cl)ccc2OC(F)F)cc1. The van der Waals surface area contributed by atoms with Gasteiger partial charge in [0.2, 0.25) is 0 Å². The van der Waals surface area contributed by atoms with Crippen molar-refractivity contribution >= 4 is 11.6 Å². The minimum Gasteiger partial charge on any atom is -0.434 e. The lowest BCUT2D eigenvalue weighted by molar-refractivity contribution is -0.0505. The molecule has 112 valence electrons. The Balaban J connectivity index is 1.98. The second-order valence-electron chi connectivity index (χ2n) is 4.72. The van der Waals surface area contributed by atoms with Gasteiger partial charge < -0.3 is 10.1 Å². The van der Waals surface area contributed by atoms with Crippen molar-refractivity contribution in [3.8, 4) is 5.75 Å². The highest BCUT2D eigenvalue weighted by atomic mass is 35.5. The van der Waals surface area contributed by atoms with E-state index in [0.717, 1.165) is 5.56 Å². The van der Waals surface area contributed by atoms with Gasteiger partial charge in [0, 0.05) is 23.7 Å². The van der Waals surface area contributed by atoms with Crippen molar-refractivity contribution in [2.75, 3.05) is 0 Å². The van der Waals surface area contributed by atoms with E-state index in [1.54, 1.807) is 6.07 Å². The van der Waals surface area contributed by atoms with Crippen LogP contribution in [0.5, 0.6) is 5.75 Å². The second kappa shape index (κ2) is 7.38. The number of hydrogen-bond donors (Lipinski definition) is 1. The van der Waals surface area contributed by atoms with Crippen molar-refractivity contribution < 1.29 is 13.5 Å². The van der Waals surface area contributed by atoms with Crippen LogP contribution in [0.2, 0.25) is 5.02 Å². The number of rotatable bonds is 6. The van der Waals surface area contributed by atoms with Crippen molar-refractivity contribution in [1.29, 1.82) is 0 Å². The van der Waals surface area contributed by atoms with E-state index in [0.29, 0.717) is 23.7 Å². The zero-order valence-corrected chi connectivity index (χ0v) is 12.3. The Morgan fingerprint density at radius 1 is 1.10 bits per heavy atom. The maximum absolute atomic E-state index is 12.4. The van der Waals surface area contributed by atoms with Gasteiger partial charge in [-0.15, -0.1) is 0 Å². The molecule has 5 heteroatoms. The maximum atomic E-state index is 12.4. The molecule has 0 atom stereocenters. The van der Waals surface area contributed by atoms with Crippen molar-refractivity contribution in [1.82, 2.24) is 5.32 Å². The van der Waals surface area contributed by atoms with Crippen LogP contribution in [0.4, 0.5) is 8.78 Å². The van der Waals surface area contributed by atoms with E-state index in [4.69, 9.17) is 11.6 Å². The minimum atomic E-state index is -2.85. The van der Waals surface area contributed by atoms with E-state index >= 15 is 0 Å². The zero-order chi connectivity index (χ0) is 15.2. The summed E-state index contributed by atoms with van der Waals surface area (Å²) in [6.45, 7) is 0.219. The molecule has 21 heavy (non-hydrogen) atoms. The van der Waals surface area contributed by atoms with Gasteiger partial charge in [-0.3, -0.25) is 0 Å². The number of aryl methyl sites for hydroxylation is 1. The summed E-state index contributed by atoms with van der Waals surface area (Å²) in [5.41, 5.74) is 2.93. The Bertz CT molecular complexity index is 587. The van der Waals surface area contributed by atoms with Crippen LogP contribution in [0, 0.1) is 6.92 Å². The fourth-order valence-electron chi connectivity index (χ4n) is 1.94. The molecule has 0 amide bonds. The van der Waals surface area contributed by atoms with Gasteiger partial charge in [-0.05, 0) is 30.7 Å². The molecule has 2 rings (SSSR count). The summed E-state index contributed by atoms with van der Waals surface area (Å²) in [6, 6.07) is 12.7. The smallest absolute Gasteiger partial charge is 0.387 e. The van der Waals surface area contributed by atoms with Gasteiger partial charge in [0.05, 0.1) is 0 Å². The Morgan fingerprint density at radius 3 is 2.48 bits per heavy atom. The highest BCUT2D eigenvalue weighted by Gasteiger charge is 2.10. The Kier molecular flexibility index (Phi) is 5.53. The molecule has 0 saturated carbocycles. The van der Waals surface area contributed by atoms with E-state index in [2.05, 4.69) is 10.1 Å². The molecule has 0 aliphatic rings. The summed E-state index contributed by atoms with van der Waals surface area (Å²) in [5.74, 6) is 0.144. The summed E-state index contributed by atoms with van der Waals surface area (Å²) in [4.78, 5) is 0. The van der Waals surface area contributed by atoms with Crippen LogP contribution < -0.4 is 10.1 Å². The first-order valence-corrected chi connectivity index (χ1v) is 6.92. The molecular formula is C16H16ClF2NO. The average Bonchev–Trinajstić information content (AvgIpc) is 2.43. The molecule has 0 saturated heterocycles. The molecule has 0 aliphatic heterocycles. The standard InChI is InChI=1S/C16H16ClF2NO/c1-11-2-4-12(5-3-11)9-20-10-13-8-14(17)6-7-15(13)21-16(18)19/h2-8,16,20H,9-10H2,1H3. The third-order valence-corrected chi connectivity index (χ3v) is 3.24. The monoisotopic (exact) mass is 311 g/mol. The van der Waals surface area contributed by atoms with Crippen LogP contribution >= 0.6 is 11.6 Å². The number of nitrogens with one attached hydrogen (secondary N) is 1. The van der Waals surface area contributed by atoms with E-state index in [-0.39, 0.29) is 5.75 Å². The van der Waals surface area contributed by atoms with E-state index < -0.39 is 6.61 Å². The van der Waals surface area contributed by atoms with Gasteiger partial charge in [-0.1, -0.05) is 41.4 Å². The van der Waals surface area contributed by atoms with Crippen molar-refractivity contribution in [2.45, 2.75) is 26.6 Å². The lowest BCUT2D eigenvalue weighted by Gasteiger charge is -2.12. The number of ether oxygens (including phenoxy) is 1. The number of halogens is 3. The van der Waals surface area contributed by atoms with E-state index in [9.17, 15) is 8.78 Å². The lowest BCUT2D eigenvalue weighted by atomic mass is 10.1. The molecule has 0 heterocycles. The number of benzene rings is 2. The molecule has 0 radical (unpaired) electrons. The summed E-state index contributed by atoms with van der Waals surface area (Å²) in [5, 5.41) is 3.68. The summed E-state index contributed by atoms with van der Waals surface area (Å²) in [6.07, 6.45) is 0. The highest BCUT2D eigenvalue weighted by molar-refractivity contribution is 6.30. The molecule has 0 fully saturated rings. The first-order valence-electron chi connectivity index (χ1n) is 6.54. The molecule has 0 aliphatic carbocycles. The third-order valence-electron chi connectivity index (χ3n) is 3.00. The molecule has 1 N–H and O–H groups in total. The third kappa shape index (κ3) is 4.99. The molecule has 0 spiro atoms. The Hall–Kier alpha value is -1.65. The molecule has 0 bridgehead atoms. The summed E-state index contributed by atoms with van der Waals surface area (Å²) in [7, 11) is 0. The van der Waals surface area contributed by atoms with Gasteiger partial charge in [-0.25, -0.2) is 0 Å². The predicted molar refractivity (Wildman–Crippen MR) is 79.8 cm³/mol. The number of hydrogen-bond acceptors (Lipinski definition) is 2. The molecule has 0 unspecified atom stereocenters. The summed E-state index contributed by atoms with van der Waals surface area (Å²) < 4.78 is 29.2. The quantitative estimate of drug-likeness (QED) is 0.845. The Morgan fingerprint density at radius 2 is 1.81 bits per heavy atom. The van der Waals surface area contributed by atoms with Gasteiger partial charge in [0.1, 0.15) is 5.75 Å². The van der Waals surface area contributed by atoms with Gasteiger partial charge in [-0.2, -0.15) is 8.78 Å². The van der Waals surface area contributed by atoms with Crippen LogP contribution in [-0.4, -0.2) is 6.61 Å². The van der Waals surface area contributed by atoms with Crippen molar-refractivity contribution in [2.24, 2.45) is 0 Å². The highest BCUT2D eigenvalue weighted by Crippen LogP contribution is 2.24. The van der Waals surface area contributed by atoms with Gasteiger partial charge in [0.15, 0.2) is 0 Å². The van der Waals surface area contributed by atoms with Crippen LogP contribution in [0.3, 0.4) is 0 Å². The van der Waals surface area contributed by atoms with Crippen molar-refractivity contribution in [3.63, 3.8) is 0 Å². The Labute approximate surface area is 127 Å². The van der Waals surface area contributed by atoms with E-state index in [1.165, 1.54) is 17.7 Å². The fraction of sp³-hybridized carbons (Fsp3) is 0.250. The minimum absolute atomic E-state index is 0.144. The average molecular weight is 312 g/mol. The first-order chi connectivity index (χ1) is 10.0. The molecule has 2 aromatic rings. The van der Waals surface area contributed by atoms with Crippen LogP contribution in [0.15, 0.2) is 42.5 Å². The van der Waals surface area contributed by atoms with Gasteiger partial charge >= 0.3 is 6.61 Å². The second-order valence-corrected chi connectivity index (χ2v) is 5.16. The first kappa shape index (κ1) is 15.7. The zero-order valence-electron chi connectivity index (χ0n) is 11.6. The van der Waals surface area contributed by atoms with Crippen molar-refractivity contribution in [3.05, 3.63) is 64.2 Å². The number of alkyl halides is 2. The molecular weight excluding hydrogens is 296 g/mol. The topological polar surface area (TPSA) is 21.3 Å². The molecule has 2 nitrogen and oxygen atoms in total. The summed E-state index contributed by atoms with van der Waals surface area (Å²) >= 11 is 5.90. The van der Waals surface area contributed by atoms with E-state index in [1.807, 2.05) is 31.2 Å². The molecule has 0 aromatic heterocycles. The van der Waals surface area contributed by atoms with Crippen LogP contribution in [0.25, 0.3) is 0 Å². The lowest BCUT2D eigenvalue weighted by Crippen LogP contribution is -2.14. The largest absolute Gasteiger partial charge is 0.434 e. The predicted octanol–water partition coefficient (Wildman–Crippen LogP) is 4.54. The van der Waals surface area contributed by atoms with Crippen LogP contribution in [-0.2, 0) is 13.1 Å². The molecule has 2 aromatic carbocycles. The van der Waals surface area contributed by atoms with Gasteiger partial charge in [0.25, 0.3) is 0 Å². The normalized spacial score (nSPS) is 10.9. The fourth-order valence-corrected chi connectivity index (χ4v) is 2.14. The maximum Gasteiger partial charge on any atom is 0.387 e. The van der Waals surface area contributed by atoms with Crippen LogP contribution in [0.1, 0.15) is 16.7 Å².